The van der Waals surface area contributed by atoms with E-state index in [4.69, 9.17) is 23.2 Å². The second-order valence-corrected chi connectivity index (χ2v) is 6.87. The SMILES string of the molecule is O=C(Nc1ccc(Cl)c(Cl)c1)c1csc(-c2cccc(C(F)(F)F)c2)n1. The minimum absolute atomic E-state index is 0.0912. The predicted octanol–water partition coefficient (Wildman–Crippen LogP) is 6.39. The Labute approximate surface area is 160 Å². The highest BCUT2D eigenvalue weighted by Crippen LogP contribution is 2.33. The second-order valence-electron chi connectivity index (χ2n) is 5.20. The van der Waals surface area contributed by atoms with Crippen molar-refractivity contribution in [1.29, 1.82) is 0 Å². The van der Waals surface area contributed by atoms with E-state index in [1.54, 1.807) is 6.07 Å². The van der Waals surface area contributed by atoms with Crippen molar-refractivity contribution in [3.63, 3.8) is 0 Å². The molecule has 0 fully saturated rings. The maximum Gasteiger partial charge on any atom is 0.416 e. The van der Waals surface area contributed by atoms with Gasteiger partial charge in [-0.3, -0.25) is 4.79 Å². The summed E-state index contributed by atoms with van der Waals surface area (Å²) in [5.74, 6) is -0.502. The first-order valence-electron chi connectivity index (χ1n) is 7.13. The van der Waals surface area contributed by atoms with Crippen LogP contribution in [0.4, 0.5) is 18.9 Å². The van der Waals surface area contributed by atoms with Gasteiger partial charge < -0.3 is 5.32 Å². The van der Waals surface area contributed by atoms with Gasteiger partial charge >= 0.3 is 6.18 Å². The number of alkyl halides is 3. The predicted molar refractivity (Wildman–Crippen MR) is 97.0 cm³/mol. The average molecular weight is 417 g/mol. The Balaban J connectivity index is 1.81. The summed E-state index contributed by atoms with van der Waals surface area (Å²) >= 11 is 12.8. The van der Waals surface area contributed by atoms with Crippen LogP contribution in [0.15, 0.2) is 47.8 Å². The molecule has 0 aliphatic rings. The van der Waals surface area contributed by atoms with Crippen molar-refractivity contribution in [2.24, 2.45) is 0 Å². The summed E-state index contributed by atoms with van der Waals surface area (Å²) in [6.07, 6.45) is -4.44. The van der Waals surface area contributed by atoms with Crippen LogP contribution in [-0.2, 0) is 6.18 Å². The van der Waals surface area contributed by atoms with Crippen LogP contribution in [0.1, 0.15) is 16.1 Å². The maximum absolute atomic E-state index is 12.8. The van der Waals surface area contributed by atoms with Gasteiger partial charge in [0.15, 0.2) is 0 Å². The lowest BCUT2D eigenvalue weighted by molar-refractivity contribution is -0.137. The molecule has 9 heteroatoms. The highest BCUT2D eigenvalue weighted by Gasteiger charge is 2.30. The number of carbonyl (C=O) groups excluding carboxylic acids is 1. The zero-order chi connectivity index (χ0) is 18.9. The molecule has 0 aliphatic carbocycles. The van der Waals surface area contributed by atoms with Crippen molar-refractivity contribution in [3.05, 3.63) is 69.1 Å². The van der Waals surface area contributed by atoms with Crippen LogP contribution in [0.3, 0.4) is 0 Å². The maximum atomic E-state index is 12.8. The number of hydrogen-bond acceptors (Lipinski definition) is 3. The van der Waals surface area contributed by atoms with Crippen molar-refractivity contribution in [2.45, 2.75) is 6.18 Å². The van der Waals surface area contributed by atoms with Gasteiger partial charge in [-0.2, -0.15) is 13.2 Å². The monoisotopic (exact) mass is 416 g/mol. The molecule has 0 saturated carbocycles. The lowest BCUT2D eigenvalue weighted by atomic mass is 10.1. The van der Waals surface area contributed by atoms with Crippen molar-refractivity contribution in [2.75, 3.05) is 5.32 Å². The van der Waals surface area contributed by atoms with E-state index in [1.807, 2.05) is 0 Å². The van der Waals surface area contributed by atoms with Gasteiger partial charge in [0.2, 0.25) is 0 Å². The fourth-order valence-corrected chi connectivity index (χ4v) is 3.20. The summed E-state index contributed by atoms with van der Waals surface area (Å²) in [6, 6.07) is 9.39. The molecule has 0 saturated heterocycles. The Bertz CT molecular complexity index is 973. The number of nitrogens with zero attached hydrogens (tertiary/aromatic N) is 1. The van der Waals surface area contributed by atoms with Gasteiger partial charge in [-0.05, 0) is 30.3 Å². The third-order valence-electron chi connectivity index (χ3n) is 3.35. The average Bonchev–Trinajstić information content (AvgIpc) is 3.08. The van der Waals surface area contributed by atoms with Crippen LogP contribution in [0, 0.1) is 0 Å². The number of benzene rings is 2. The number of thiazole rings is 1. The minimum atomic E-state index is -4.44. The summed E-state index contributed by atoms with van der Waals surface area (Å²) in [7, 11) is 0. The molecule has 26 heavy (non-hydrogen) atoms. The van der Waals surface area contributed by atoms with Gasteiger partial charge in [0, 0.05) is 16.6 Å². The summed E-state index contributed by atoms with van der Waals surface area (Å²) in [6.45, 7) is 0. The van der Waals surface area contributed by atoms with E-state index >= 15 is 0 Å². The molecular formula is C17H9Cl2F3N2OS. The number of carbonyl (C=O) groups is 1. The molecular weight excluding hydrogens is 408 g/mol. The highest BCUT2D eigenvalue weighted by molar-refractivity contribution is 7.13. The molecule has 3 nitrogen and oxygen atoms in total. The third-order valence-corrected chi connectivity index (χ3v) is 4.98. The molecule has 0 spiro atoms. The second kappa shape index (κ2) is 7.26. The normalized spacial score (nSPS) is 11.4. The first-order valence-corrected chi connectivity index (χ1v) is 8.77. The molecule has 1 amide bonds. The molecule has 0 aliphatic heterocycles. The molecule has 1 N–H and O–H groups in total. The Morgan fingerprint density at radius 1 is 1.08 bits per heavy atom. The van der Waals surface area contributed by atoms with Crippen molar-refractivity contribution in [1.82, 2.24) is 4.98 Å². The number of aromatic nitrogens is 1. The van der Waals surface area contributed by atoms with Crippen LogP contribution in [0.2, 0.25) is 10.0 Å². The molecule has 0 unspecified atom stereocenters. The Morgan fingerprint density at radius 3 is 2.54 bits per heavy atom. The van der Waals surface area contributed by atoms with Crippen LogP contribution in [0.5, 0.6) is 0 Å². The third kappa shape index (κ3) is 4.17. The van der Waals surface area contributed by atoms with Gasteiger partial charge in [-0.1, -0.05) is 35.3 Å². The topological polar surface area (TPSA) is 42.0 Å². The summed E-state index contributed by atoms with van der Waals surface area (Å²) < 4.78 is 38.5. The van der Waals surface area contributed by atoms with E-state index in [2.05, 4.69) is 10.3 Å². The molecule has 1 heterocycles. The summed E-state index contributed by atoms with van der Waals surface area (Å²) in [5.41, 5.74) is 0.0388. The Morgan fingerprint density at radius 2 is 1.85 bits per heavy atom. The van der Waals surface area contributed by atoms with Gasteiger partial charge in [-0.15, -0.1) is 11.3 Å². The van der Waals surface area contributed by atoms with Gasteiger partial charge in [0.25, 0.3) is 5.91 Å². The van der Waals surface area contributed by atoms with E-state index in [1.165, 1.54) is 29.6 Å². The first kappa shape index (κ1) is 18.7. The minimum Gasteiger partial charge on any atom is -0.321 e. The molecule has 2 aromatic carbocycles. The van der Waals surface area contributed by atoms with E-state index < -0.39 is 17.6 Å². The molecule has 3 rings (SSSR count). The van der Waals surface area contributed by atoms with Crippen molar-refractivity contribution >= 4 is 46.1 Å². The van der Waals surface area contributed by atoms with Crippen LogP contribution >= 0.6 is 34.5 Å². The smallest absolute Gasteiger partial charge is 0.321 e. The summed E-state index contributed by atoms with van der Waals surface area (Å²) in [5, 5.41) is 5.04. The van der Waals surface area contributed by atoms with E-state index in [0.29, 0.717) is 21.3 Å². The van der Waals surface area contributed by atoms with Crippen molar-refractivity contribution in [3.8, 4) is 10.6 Å². The van der Waals surface area contributed by atoms with Crippen molar-refractivity contribution < 1.29 is 18.0 Å². The van der Waals surface area contributed by atoms with Gasteiger partial charge in [0.1, 0.15) is 10.7 Å². The molecule has 0 bridgehead atoms. The van der Waals surface area contributed by atoms with Crippen LogP contribution in [-0.4, -0.2) is 10.9 Å². The number of halogens is 5. The lowest BCUT2D eigenvalue weighted by Gasteiger charge is -2.07. The lowest BCUT2D eigenvalue weighted by Crippen LogP contribution is -2.12. The molecule has 134 valence electrons. The Kier molecular flexibility index (Phi) is 5.22. The van der Waals surface area contributed by atoms with E-state index in [0.717, 1.165) is 23.5 Å². The number of hydrogen-bond donors (Lipinski definition) is 1. The number of amides is 1. The molecule has 0 atom stereocenters. The van der Waals surface area contributed by atoms with Crippen LogP contribution in [0.25, 0.3) is 10.6 Å². The van der Waals surface area contributed by atoms with Gasteiger partial charge in [0.05, 0.1) is 15.6 Å². The summed E-state index contributed by atoms with van der Waals surface area (Å²) in [4.78, 5) is 16.4. The van der Waals surface area contributed by atoms with E-state index in [9.17, 15) is 18.0 Å². The number of anilines is 1. The highest BCUT2D eigenvalue weighted by atomic mass is 35.5. The largest absolute Gasteiger partial charge is 0.416 e. The molecule has 1 aromatic heterocycles. The zero-order valence-corrected chi connectivity index (χ0v) is 15.1. The molecule has 3 aromatic rings. The number of rotatable bonds is 3. The zero-order valence-electron chi connectivity index (χ0n) is 12.8. The fourth-order valence-electron chi connectivity index (χ4n) is 2.11. The molecule has 0 radical (unpaired) electrons. The first-order chi connectivity index (χ1) is 12.2. The number of nitrogens with one attached hydrogen (secondary N) is 1. The Hall–Kier alpha value is -2.09. The quantitative estimate of drug-likeness (QED) is 0.537. The fraction of sp³-hybridized carbons (Fsp3) is 0.0588. The van der Waals surface area contributed by atoms with Crippen LogP contribution < -0.4 is 5.32 Å². The van der Waals surface area contributed by atoms with Gasteiger partial charge in [-0.25, -0.2) is 4.98 Å². The standard InChI is InChI=1S/C17H9Cl2F3N2OS/c18-12-5-4-11(7-13(12)19)23-15(25)14-8-26-16(24-14)9-2-1-3-10(6-9)17(20,21)22/h1-8H,(H,23,25). The van der Waals surface area contributed by atoms with E-state index in [-0.39, 0.29) is 10.7 Å².